The molecule has 0 atom stereocenters. The normalized spacial score (nSPS) is 18.7. The third-order valence-corrected chi connectivity index (χ3v) is 1.66. The SMILES string of the molecule is CN1C=CC(C(N)=O)=C/C1=C/N=O. The summed E-state index contributed by atoms with van der Waals surface area (Å²) in [6.45, 7) is 0. The monoisotopic (exact) mass is 179 g/mol. The van der Waals surface area contributed by atoms with Gasteiger partial charge in [0.05, 0.1) is 11.9 Å². The van der Waals surface area contributed by atoms with E-state index in [2.05, 4.69) is 5.18 Å². The molecular formula is C8H9N3O2. The molecule has 0 aromatic rings. The molecule has 0 aromatic heterocycles. The molecule has 0 bridgehead atoms. The summed E-state index contributed by atoms with van der Waals surface area (Å²) in [5.41, 5.74) is 5.95. The Bertz CT molecular complexity index is 328. The first kappa shape index (κ1) is 9.18. The Kier molecular flexibility index (Phi) is 2.59. The smallest absolute Gasteiger partial charge is 0.248 e. The molecule has 68 valence electrons. The van der Waals surface area contributed by atoms with Gasteiger partial charge in [0.2, 0.25) is 5.91 Å². The van der Waals surface area contributed by atoms with Gasteiger partial charge in [-0.25, -0.2) is 0 Å². The van der Waals surface area contributed by atoms with Crippen molar-refractivity contribution in [2.45, 2.75) is 0 Å². The van der Waals surface area contributed by atoms with Crippen LogP contribution in [0, 0.1) is 4.91 Å². The summed E-state index contributed by atoms with van der Waals surface area (Å²) in [7, 11) is 1.74. The third-order valence-electron chi connectivity index (χ3n) is 1.66. The summed E-state index contributed by atoms with van der Waals surface area (Å²) in [6, 6.07) is 0. The molecule has 0 spiro atoms. The lowest BCUT2D eigenvalue weighted by molar-refractivity contribution is -0.114. The van der Waals surface area contributed by atoms with E-state index in [9.17, 15) is 9.70 Å². The molecule has 1 rings (SSSR count). The average molecular weight is 179 g/mol. The maximum absolute atomic E-state index is 10.8. The quantitative estimate of drug-likeness (QED) is 0.626. The van der Waals surface area contributed by atoms with E-state index >= 15 is 0 Å². The van der Waals surface area contributed by atoms with E-state index in [4.69, 9.17) is 5.73 Å². The Balaban J connectivity index is 3.00. The van der Waals surface area contributed by atoms with E-state index in [1.54, 1.807) is 24.2 Å². The molecule has 0 radical (unpaired) electrons. The molecule has 1 aliphatic rings. The third kappa shape index (κ3) is 2.02. The van der Waals surface area contributed by atoms with E-state index in [-0.39, 0.29) is 0 Å². The number of hydrogen-bond donors (Lipinski definition) is 1. The number of hydrogen-bond acceptors (Lipinski definition) is 4. The second-order valence-corrected chi connectivity index (χ2v) is 2.55. The number of likely N-dealkylation sites (N-methyl/N-ethyl adjacent to an activating group) is 1. The van der Waals surface area contributed by atoms with Gasteiger partial charge in [0.1, 0.15) is 0 Å². The van der Waals surface area contributed by atoms with Crippen LogP contribution >= 0.6 is 0 Å². The number of nitrogens with two attached hydrogens (primary N) is 1. The summed E-state index contributed by atoms with van der Waals surface area (Å²) in [4.78, 5) is 22.4. The molecule has 2 N–H and O–H groups in total. The van der Waals surface area contributed by atoms with Gasteiger partial charge in [-0.3, -0.25) is 4.79 Å². The highest BCUT2D eigenvalue weighted by molar-refractivity contribution is 5.95. The van der Waals surface area contributed by atoms with Crippen molar-refractivity contribution in [1.29, 1.82) is 0 Å². The Morgan fingerprint density at radius 2 is 2.38 bits per heavy atom. The van der Waals surface area contributed by atoms with Crippen molar-refractivity contribution in [3.63, 3.8) is 0 Å². The van der Waals surface area contributed by atoms with Crippen LogP contribution in [0.4, 0.5) is 0 Å². The van der Waals surface area contributed by atoms with E-state index in [0.29, 0.717) is 11.3 Å². The predicted octanol–water partition coefficient (Wildman–Crippen LogP) is 0.465. The molecule has 5 heteroatoms. The fourth-order valence-electron chi connectivity index (χ4n) is 0.923. The summed E-state index contributed by atoms with van der Waals surface area (Å²) >= 11 is 0. The molecule has 0 saturated carbocycles. The van der Waals surface area contributed by atoms with Crippen LogP contribution in [0.2, 0.25) is 0 Å². The Labute approximate surface area is 75.2 Å². The first-order chi connectivity index (χ1) is 6.15. The number of carbonyl (C=O) groups excluding carboxylic acids is 1. The largest absolute Gasteiger partial charge is 0.366 e. The Morgan fingerprint density at radius 3 is 2.92 bits per heavy atom. The standard InChI is InChI=1S/C8H9N3O2/c1-11-3-2-6(8(9)12)4-7(11)5-10-13/h2-5H,1H3,(H2,9,12)/b7-5-. The number of rotatable bonds is 2. The summed E-state index contributed by atoms with van der Waals surface area (Å²) < 4.78 is 0. The van der Waals surface area contributed by atoms with Gasteiger partial charge >= 0.3 is 0 Å². The van der Waals surface area contributed by atoms with Crippen molar-refractivity contribution in [1.82, 2.24) is 4.90 Å². The van der Waals surface area contributed by atoms with Gasteiger partial charge in [-0.2, -0.15) is 0 Å². The lowest BCUT2D eigenvalue weighted by Gasteiger charge is -2.18. The van der Waals surface area contributed by atoms with Crippen LogP contribution in [-0.4, -0.2) is 17.9 Å². The maximum atomic E-state index is 10.8. The molecule has 13 heavy (non-hydrogen) atoms. The lowest BCUT2D eigenvalue weighted by atomic mass is 10.1. The van der Waals surface area contributed by atoms with Crippen LogP contribution in [0.25, 0.3) is 0 Å². The van der Waals surface area contributed by atoms with Crippen molar-refractivity contribution in [2.75, 3.05) is 7.05 Å². The molecular weight excluding hydrogens is 170 g/mol. The average Bonchev–Trinajstić information content (AvgIpc) is 2.08. The summed E-state index contributed by atoms with van der Waals surface area (Å²) in [5.74, 6) is -0.527. The fourth-order valence-corrected chi connectivity index (χ4v) is 0.923. The zero-order valence-electron chi connectivity index (χ0n) is 7.10. The summed E-state index contributed by atoms with van der Waals surface area (Å²) in [6.07, 6.45) is 5.83. The number of allylic oxidation sites excluding steroid dienone is 1. The molecule has 1 amide bonds. The van der Waals surface area contributed by atoms with Gasteiger partial charge < -0.3 is 10.6 Å². The van der Waals surface area contributed by atoms with Crippen LogP contribution in [0.3, 0.4) is 0 Å². The first-order valence-electron chi connectivity index (χ1n) is 3.60. The molecule has 1 aliphatic heterocycles. The molecule has 0 saturated heterocycles. The number of nitrogens with zero attached hydrogens (tertiary/aromatic N) is 2. The van der Waals surface area contributed by atoms with Crippen molar-refractivity contribution in [3.8, 4) is 0 Å². The molecule has 0 fully saturated rings. The van der Waals surface area contributed by atoms with Crippen molar-refractivity contribution in [2.24, 2.45) is 10.9 Å². The number of primary amides is 1. The van der Waals surface area contributed by atoms with Gasteiger partial charge in [0.15, 0.2) is 0 Å². The zero-order valence-corrected chi connectivity index (χ0v) is 7.10. The number of amides is 1. The number of carbonyl (C=O) groups is 1. The van der Waals surface area contributed by atoms with Gasteiger partial charge in [-0.1, -0.05) is 0 Å². The minimum atomic E-state index is -0.527. The maximum Gasteiger partial charge on any atom is 0.248 e. The van der Waals surface area contributed by atoms with Crippen LogP contribution in [0.1, 0.15) is 0 Å². The zero-order chi connectivity index (χ0) is 9.84. The predicted molar refractivity (Wildman–Crippen MR) is 48.1 cm³/mol. The molecule has 5 nitrogen and oxygen atoms in total. The Morgan fingerprint density at radius 1 is 1.69 bits per heavy atom. The van der Waals surface area contributed by atoms with Crippen LogP contribution < -0.4 is 5.73 Å². The highest BCUT2D eigenvalue weighted by Gasteiger charge is 2.09. The van der Waals surface area contributed by atoms with E-state index in [1.807, 2.05) is 0 Å². The molecule has 1 heterocycles. The van der Waals surface area contributed by atoms with E-state index in [1.165, 1.54) is 6.08 Å². The molecule has 0 aliphatic carbocycles. The summed E-state index contributed by atoms with van der Waals surface area (Å²) in [5, 5.41) is 2.62. The minimum Gasteiger partial charge on any atom is -0.366 e. The first-order valence-corrected chi connectivity index (χ1v) is 3.60. The fraction of sp³-hybridized carbons (Fsp3) is 0.125. The molecule has 0 aromatic carbocycles. The van der Waals surface area contributed by atoms with Crippen molar-refractivity contribution in [3.05, 3.63) is 40.7 Å². The lowest BCUT2D eigenvalue weighted by Crippen LogP contribution is -2.19. The second-order valence-electron chi connectivity index (χ2n) is 2.55. The van der Waals surface area contributed by atoms with Gasteiger partial charge in [-0.05, 0) is 17.3 Å². The minimum absolute atomic E-state index is 0.355. The van der Waals surface area contributed by atoms with Gasteiger partial charge in [-0.15, -0.1) is 4.91 Å². The van der Waals surface area contributed by atoms with E-state index in [0.717, 1.165) is 6.20 Å². The van der Waals surface area contributed by atoms with Crippen molar-refractivity contribution < 1.29 is 4.79 Å². The van der Waals surface area contributed by atoms with Crippen LogP contribution in [0.15, 0.2) is 41.0 Å². The van der Waals surface area contributed by atoms with Crippen LogP contribution in [0.5, 0.6) is 0 Å². The number of nitroso groups, excluding NO2 is 1. The topological polar surface area (TPSA) is 75.8 Å². The Hall–Kier alpha value is -1.91. The van der Waals surface area contributed by atoms with Gasteiger partial charge in [0.25, 0.3) is 0 Å². The molecule has 0 unspecified atom stereocenters. The van der Waals surface area contributed by atoms with Crippen LogP contribution in [-0.2, 0) is 4.79 Å². The van der Waals surface area contributed by atoms with Gasteiger partial charge in [0, 0.05) is 18.8 Å². The second kappa shape index (κ2) is 3.66. The van der Waals surface area contributed by atoms with Crippen molar-refractivity contribution >= 4 is 5.91 Å². The highest BCUT2D eigenvalue weighted by atomic mass is 16.2. The highest BCUT2D eigenvalue weighted by Crippen LogP contribution is 2.14. The van der Waals surface area contributed by atoms with E-state index < -0.39 is 5.91 Å².